The third-order valence-corrected chi connectivity index (χ3v) is 6.75. The first-order chi connectivity index (χ1) is 11.8. The van der Waals surface area contributed by atoms with Crippen molar-refractivity contribution >= 4 is 53.6 Å². The highest BCUT2D eigenvalue weighted by molar-refractivity contribution is 7.18. The Labute approximate surface area is 148 Å². The Morgan fingerprint density at radius 2 is 1.54 bits per heavy atom. The topological polar surface area (TPSA) is 3.88 Å². The Balaban J connectivity index is 2.06. The number of fused-ring (bicyclic) bond motifs is 4. The van der Waals surface area contributed by atoms with E-state index in [4.69, 9.17) is 0 Å². The summed E-state index contributed by atoms with van der Waals surface area (Å²) in [7, 11) is 2.15. The third-order valence-electron chi connectivity index (χ3n) is 4.86. The largest absolute Gasteiger partial charge is 0.231 e. The Hall–Kier alpha value is -2.23. The molecule has 5 rings (SSSR count). The van der Waals surface area contributed by atoms with Crippen molar-refractivity contribution in [1.29, 1.82) is 0 Å². The zero-order chi connectivity index (χ0) is 16.3. The fourth-order valence-corrected chi connectivity index (χ4v) is 5.65. The van der Waals surface area contributed by atoms with Crippen LogP contribution < -0.4 is 4.57 Å². The first-order valence-electron chi connectivity index (χ1n) is 8.00. The van der Waals surface area contributed by atoms with E-state index in [-0.39, 0.29) is 0 Å². The number of hydrogen-bond acceptors (Lipinski definition) is 2. The van der Waals surface area contributed by atoms with Crippen LogP contribution in [0.5, 0.6) is 0 Å². The van der Waals surface area contributed by atoms with Gasteiger partial charge in [0.15, 0.2) is 6.20 Å². The molecule has 0 aliphatic heterocycles. The monoisotopic (exact) mass is 346 g/mol. The molecule has 0 N–H and O–H groups in total. The van der Waals surface area contributed by atoms with Gasteiger partial charge >= 0.3 is 0 Å². The van der Waals surface area contributed by atoms with E-state index in [1.807, 2.05) is 22.7 Å². The Morgan fingerprint density at radius 1 is 0.792 bits per heavy atom. The van der Waals surface area contributed by atoms with E-state index >= 15 is 0 Å². The minimum atomic E-state index is 1.32. The van der Waals surface area contributed by atoms with Crippen LogP contribution in [0.15, 0.2) is 59.4 Å². The van der Waals surface area contributed by atoms with Gasteiger partial charge in [-0.3, -0.25) is 0 Å². The van der Waals surface area contributed by atoms with Crippen molar-refractivity contribution in [1.82, 2.24) is 0 Å². The second kappa shape index (κ2) is 5.13. The Kier molecular flexibility index (Phi) is 3.02. The summed E-state index contributed by atoms with van der Waals surface area (Å²) in [5, 5.41) is 9.82. The van der Waals surface area contributed by atoms with Gasteiger partial charge in [-0.1, -0.05) is 24.3 Å². The second-order valence-corrected chi connectivity index (χ2v) is 8.02. The SMILES string of the molecule is Cc1c(-c2c3sccc3cc[n+]2C)c2ccsc2c2ccccc12. The highest BCUT2D eigenvalue weighted by Gasteiger charge is 2.23. The summed E-state index contributed by atoms with van der Waals surface area (Å²) >= 11 is 3.67. The van der Waals surface area contributed by atoms with Gasteiger partial charge in [0.25, 0.3) is 0 Å². The van der Waals surface area contributed by atoms with Gasteiger partial charge in [0.05, 0.1) is 5.56 Å². The highest BCUT2D eigenvalue weighted by Crippen LogP contribution is 2.42. The van der Waals surface area contributed by atoms with Gasteiger partial charge in [-0.15, -0.1) is 22.7 Å². The maximum atomic E-state index is 2.28. The number of benzene rings is 2. The maximum Gasteiger partial charge on any atom is 0.231 e. The van der Waals surface area contributed by atoms with Gasteiger partial charge in [-0.2, -0.15) is 4.57 Å². The van der Waals surface area contributed by atoms with Crippen molar-refractivity contribution in [3.8, 4) is 11.3 Å². The molecule has 0 fully saturated rings. The minimum Gasteiger partial charge on any atom is -0.200 e. The average Bonchev–Trinajstić information content (AvgIpc) is 3.26. The van der Waals surface area contributed by atoms with Crippen LogP contribution in [0.2, 0.25) is 0 Å². The third kappa shape index (κ3) is 1.83. The number of rotatable bonds is 1. The molecule has 1 nitrogen and oxygen atoms in total. The molecule has 2 aromatic carbocycles. The molecule has 5 aromatic rings. The zero-order valence-electron chi connectivity index (χ0n) is 13.5. The van der Waals surface area contributed by atoms with E-state index in [9.17, 15) is 0 Å². The standard InChI is InChI=1S/C21H16NS2/c1-13-15-5-3-4-6-16(15)21-17(9-12-24-21)18(13)19-20-14(8-11-23-20)7-10-22(19)2/h3-12H,1-2H3/q+1. The number of hydrogen-bond donors (Lipinski definition) is 0. The molecule has 0 bridgehead atoms. The molecule has 0 radical (unpaired) electrons. The van der Waals surface area contributed by atoms with E-state index in [2.05, 4.69) is 78.0 Å². The first kappa shape index (κ1) is 14.1. The van der Waals surface area contributed by atoms with Crippen LogP contribution in [0.25, 0.3) is 42.2 Å². The molecule has 0 atom stereocenters. The molecule has 0 amide bonds. The normalized spacial score (nSPS) is 11.8. The van der Waals surface area contributed by atoms with Gasteiger partial charge in [0.2, 0.25) is 5.69 Å². The molecular formula is C21H16NS2+. The van der Waals surface area contributed by atoms with Crippen molar-refractivity contribution < 1.29 is 4.57 Å². The quantitative estimate of drug-likeness (QED) is 0.324. The Bertz CT molecular complexity index is 1230. The lowest BCUT2D eigenvalue weighted by molar-refractivity contribution is -0.659. The van der Waals surface area contributed by atoms with Crippen LogP contribution in [-0.4, -0.2) is 0 Å². The molecule has 0 aliphatic rings. The van der Waals surface area contributed by atoms with E-state index in [0.717, 1.165) is 0 Å². The summed E-state index contributed by atoms with van der Waals surface area (Å²) in [5.74, 6) is 0. The average molecular weight is 347 g/mol. The molecule has 0 saturated heterocycles. The van der Waals surface area contributed by atoms with E-state index < -0.39 is 0 Å². The summed E-state index contributed by atoms with van der Waals surface area (Å²) in [6.45, 7) is 2.27. The maximum absolute atomic E-state index is 2.28. The first-order valence-corrected chi connectivity index (χ1v) is 9.76. The van der Waals surface area contributed by atoms with Gasteiger partial charge in [-0.05, 0) is 46.2 Å². The fourth-order valence-electron chi connectivity index (χ4n) is 3.72. The van der Waals surface area contributed by atoms with Crippen molar-refractivity contribution in [2.75, 3.05) is 0 Å². The van der Waals surface area contributed by atoms with Crippen molar-refractivity contribution in [2.45, 2.75) is 6.92 Å². The van der Waals surface area contributed by atoms with Crippen LogP contribution in [0.1, 0.15) is 5.56 Å². The van der Waals surface area contributed by atoms with Crippen LogP contribution >= 0.6 is 22.7 Å². The predicted molar refractivity (Wildman–Crippen MR) is 106 cm³/mol. The zero-order valence-corrected chi connectivity index (χ0v) is 15.2. The summed E-state index contributed by atoms with van der Waals surface area (Å²) in [4.78, 5) is 0. The molecule has 116 valence electrons. The van der Waals surface area contributed by atoms with Crippen LogP contribution in [0.3, 0.4) is 0 Å². The molecule has 0 saturated carbocycles. The van der Waals surface area contributed by atoms with Gasteiger partial charge in [-0.25, -0.2) is 0 Å². The van der Waals surface area contributed by atoms with Crippen LogP contribution in [0.4, 0.5) is 0 Å². The van der Waals surface area contributed by atoms with Gasteiger partial charge in [0, 0.05) is 21.5 Å². The summed E-state index contributed by atoms with van der Waals surface area (Å²) < 4.78 is 5.03. The van der Waals surface area contributed by atoms with Gasteiger partial charge < -0.3 is 0 Å². The lowest BCUT2D eigenvalue weighted by Crippen LogP contribution is -2.30. The molecule has 0 aliphatic carbocycles. The molecule has 0 unspecified atom stereocenters. The molecular weight excluding hydrogens is 330 g/mol. The van der Waals surface area contributed by atoms with Crippen molar-refractivity contribution in [3.63, 3.8) is 0 Å². The van der Waals surface area contributed by atoms with E-state index in [0.29, 0.717) is 0 Å². The molecule has 0 spiro atoms. The molecule has 3 heterocycles. The summed E-state index contributed by atoms with van der Waals surface area (Å²) in [6, 6.07) is 15.5. The summed E-state index contributed by atoms with van der Waals surface area (Å²) in [6.07, 6.45) is 2.18. The predicted octanol–water partition coefficient (Wildman–Crippen LogP) is 6.07. The fraction of sp³-hybridized carbons (Fsp3) is 0.0952. The lowest BCUT2D eigenvalue weighted by atomic mass is 9.94. The number of aryl methyl sites for hydroxylation is 2. The lowest BCUT2D eigenvalue weighted by Gasteiger charge is -2.11. The van der Waals surface area contributed by atoms with Gasteiger partial charge in [0.1, 0.15) is 11.7 Å². The second-order valence-electron chi connectivity index (χ2n) is 6.19. The molecule has 3 aromatic heterocycles. The van der Waals surface area contributed by atoms with E-state index in [1.165, 1.54) is 47.8 Å². The summed E-state index contributed by atoms with van der Waals surface area (Å²) in [5.41, 5.74) is 4.07. The molecule has 24 heavy (non-hydrogen) atoms. The minimum absolute atomic E-state index is 1.32. The highest BCUT2D eigenvalue weighted by atomic mass is 32.1. The number of thiophene rings is 2. The van der Waals surface area contributed by atoms with Crippen molar-refractivity contribution in [3.05, 3.63) is 65.0 Å². The van der Waals surface area contributed by atoms with Crippen LogP contribution in [-0.2, 0) is 7.05 Å². The number of nitrogens with zero attached hydrogens (tertiary/aromatic N) is 1. The van der Waals surface area contributed by atoms with Crippen molar-refractivity contribution in [2.24, 2.45) is 7.05 Å². The number of aromatic nitrogens is 1. The smallest absolute Gasteiger partial charge is 0.200 e. The van der Waals surface area contributed by atoms with E-state index in [1.54, 1.807) is 0 Å². The molecule has 3 heteroatoms. The van der Waals surface area contributed by atoms with Crippen LogP contribution in [0, 0.1) is 6.92 Å². The number of pyridine rings is 1. The Morgan fingerprint density at radius 3 is 2.42 bits per heavy atom.